The minimum Gasteiger partial charge on any atom is -0.211 e. The molecule has 0 atom stereocenters. The third kappa shape index (κ3) is 4.00. The molecule has 0 aliphatic carbocycles. The second kappa shape index (κ2) is 9.50. The molecule has 0 unspecified atom stereocenters. The van der Waals surface area contributed by atoms with E-state index in [0.717, 1.165) is 10.8 Å². The molecule has 0 radical (unpaired) electrons. The summed E-state index contributed by atoms with van der Waals surface area (Å²) in [6.07, 6.45) is 5.91. The van der Waals surface area contributed by atoms with Gasteiger partial charge in [-0.15, -0.1) is 0 Å². The summed E-state index contributed by atoms with van der Waals surface area (Å²) < 4.78 is 0. The first kappa shape index (κ1) is 18.6. The van der Waals surface area contributed by atoms with Gasteiger partial charge in [-0.1, -0.05) is 24.3 Å². The number of hydrogen-bond acceptors (Lipinski definition) is 8. The fourth-order valence-electron chi connectivity index (χ4n) is 2.89. The molecule has 0 N–H and O–H groups in total. The summed E-state index contributed by atoms with van der Waals surface area (Å²) in [6, 6.07) is 7.25. The highest BCUT2D eigenvalue weighted by molar-refractivity contribution is 5.91. The molecular formula is C18H12N4O4. The van der Waals surface area contributed by atoms with Crippen molar-refractivity contribution in [2.75, 3.05) is 0 Å². The first-order chi connectivity index (χ1) is 12.8. The molecule has 0 spiro atoms. The fraction of sp³-hybridized carbons (Fsp3) is 0.222. The van der Waals surface area contributed by atoms with E-state index in [1.165, 1.54) is 24.3 Å². The van der Waals surface area contributed by atoms with Gasteiger partial charge in [0.05, 0.1) is 26.2 Å². The molecule has 8 nitrogen and oxygen atoms in total. The largest absolute Gasteiger partial charge is 0.235 e. The summed E-state index contributed by atoms with van der Waals surface area (Å²) in [7, 11) is 0. The van der Waals surface area contributed by atoms with Crippen molar-refractivity contribution in [3.05, 3.63) is 46.5 Å². The van der Waals surface area contributed by atoms with Gasteiger partial charge in [0.25, 0.3) is 0 Å². The zero-order chi connectivity index (χ0) is 18.8. The number of carbonyl (C=O) groups excluding carboxylic acids is 4. The van der Waals surface area contributed by atoms with Gasteiger partial charge in [0.1, 0.15) is 0 Å². The van der Waals surface area contributed by atoms with E-state index in [1.54, 1.807) is 12.1 Å². The molecule has 0 saturated carbocycles. The highest BCUT2D eigenvalue weighted by atomic mass is 16.1. The first-order valence-electron chi connectivity index (χ1n) is 7.47. The number of isocyanates is 4. The van der Waals surface area contributed by atoms with Gasteiger partial charge in [0, 0.05) is 0 Å². The third-order valence-electron chi connectivity index (χ3n) is 3.88. The van der Waals surface area contributed by atoms with Crippen LogP contribution in [0.2, 0.25) is 0 Å². The predicted octanol–water partition coefficient (Wildman–Crippen LogP) is 2.18. The van der Waals surface area contributed by atoms with Crippen molar-refractivity contribution in [1.29, 1.82) is 0 Å². The average Bonchev–Trinajstić information content (AvgIpc) is 2.68. The standard InChI is InChI=1S/C18H12N4O4/c23-9-19-5-15-13-3-1-2-4-14(13)16(6-20-10-24)18(8-22-12-26)17(15)7-21-11-25/h1-4H,5-8H2. The molecule has 128 valence electrons. The van der Waals surface area contributed by atoms with Gasteiger partial charge in [-0.2, -0.15) is 0 Å². The van der Waals surface area contributed by atoms with E-state index in [-0.39, 0.29) is 26.2 Å². The summed E-state index contributed by atoms with van der Waals surface area (Å²) in [4.78, 5) is 56.9. The highest BCUT2D eigenvalue weighted by Crippen LogP contribution is 2.33. The lowest BCUT2D eigenvalue weighted by molar-refractivity contribution is 0.560. The molecule has 0 aromatic heterocycles. The van der Waals surface area contributed by atoms with E-state index in [9.17, 15) is 19.2 Å². The minimum atomic E-state index is -0.0421. The maximum atomic E-state index is 10.6. The van der Waals surface area contributed by atoms with Crippen LogP contribution in [0.3, 0.4) is 0 Å². The number of aliphatic imine (C=N–C) groups is 4. The zero-order valence-corrected chi connectivity index (χ0v) is 13.6. The molecule has 0 heterocycles. The normalized spacial score (nSPS) is 9.38. The Morgan fingerprint density at radius 2 is 0.846 bits per heavy atom. The lowest BCUT2D eigenvalue weighted by Gasteiger charge is -2.18. The summed E-state index contributed by atoms with van der Waals surface area (Å²) >= 11 is 0. The fourth-order valence-corrected chi connectivity index (χ4v) is 2.89. The SMILES string of the molecule is O=C=NCc1c(CN=C=O)c(CN=C=O)c2ccccc2c1CN=C=O. The molecule has 2 rings (SSSR count). The number of fused-ring (bicyclic) bond motifs is 1. The van der Waals surface area contributed by atoms with Crippen molar-refractivity contribution < 1.29 is 19.2 Å². The minimum absolute atomic E-state index is 0.0166. The Balaban J connectivity index is 2.95. The van der Waals surface area contributed by atoms with E-state index in [4.69, 9.17) is 0 Å². The van der Waals surface area contributed by atoms with Crippen molar-refractivity contribution >= 4 is 35.1 Å². The number of nitrogens with zero attached hydrogens (tertiary/aromatic N) is 4. The van der Waals surface area contributed by atoms with Gasteiger partial charge < -0.3 is 0 Å². The summed E-state index contributed by atoms with van der Waals surface area (Å²) in [6.45, 7) is -0.0510. The molecule has 26 heavy (non-hydrogen) atoms. The van der Waals surface area contributed by atoms with Crippen molar-refractivity contribution in [2.45, 2.75) is 26.2 Å². The number of benzene rings is 2. The second-order valence-corrected chi connectivity index (χ2v) is 5.09. The topological polar surface area (TPSA) is 118 Å². The Kier molecular flexibility index (Phi) is 6.78. The maximum absolute atomic E-state index is 10.6. The molecule has 0 amide bonds. The molecule has 8 heteroatoms. The van der Waals surface area contributed by atoms with E-state index in [2.05, 4.69) is 20.0 Å². The van der Waals surface area contributed by atoms with Crippen LogP contribution in [-0.4, -0.2) is 24.3 Å². The average molecular weight is 348 g/mol. The molecule has 2 aromatic rings. The Morgan fingerprint density at radius 1 is 0.538 bits per heavy atom. The van der Waals surface area contributed by atoms with E-state index < -0.39 is 0 Å². The molecule has 0 aliphatic heterocycles. The van der Waals surface area contributed by atoms with Gasteiger partial charge >= 0.3 is 0 Å². The van der Waals surface area contributed by atoms with Crippen molar-refractivity contribution in [3.63, 3.8) is 0 Å². The lowest BCUT2D eigenvalue weighted by Crippen LogP contribution is -2.06. The third-order valence-corrected chi connectivity index (χ3v) is 3.88. The highest BCUT2D eigenvalue weighted by Gasteiger charge is 2.18. The van der Waals surface area contributed by atoms with Crippen LogP contribution in [0.4, 0.5) is 0 Å². The van der Waals surface area contributed by atoms with Crippen LogP contribution in [0.25, 0.3) is 10.8 Å². The Hall–Kier alpha value is -3.78. The number of rotatable bonds is 8. The molecular weight excluding hydrogens is 336 g/mol. The van der Waals surface area contributed by atoms with Crippen LogP contribution < -0.4 is 0 Å². The summed E-state index contributed by atoms with van der Waals surface area (Å²) in [5.74, 6) is 0. The van der Waals surface area contributed by atoms with Gasteiger partial charge in [0.2, 0.25) is 24.3 Å². The predicted molar refractivity (Wildman–Crippen MR) is 91.3 cm³/mol. The Morgan fingerprint density at radius 3 is 1.15 bits per heavy atom. The quantitative estimate of drug-likeness (QED) is 0.536. The lowest BCUT2D eigenvalue weighted by atomic mass is 9.88. The van der Waals surface area contributed by atoms with E-state index in [1.807, 2.05) is 12.1 Å². The van der Waals surface area contributed by atoms with E-state index >= 15 is 0 Å². The van der Waals surface area contributed by atoms with Crippen LogP contribution in [0, 0.1) is 0 Å². The van der Waals surface area contributed by atoms with Crippen LogP contribution >= 0.6 is 0 Å². The van der Waals surface area contributed by atoms with Crippen molar-refractivity contribution in [3.8, 4) is 0 Å². The van der Waals surface area contributed by atoms with Gasteiger partial charge in [-0.3, -0.25) is 0 Å². The Bertz CT molecular complexity index is 939. The second-order valence-electron chi connectivity index (χ2n) is 5.09. The summed E-state index contributed by atoms with van der Waals surface area (Å²) in [5.41, 5.74) is 2.44. The molecule has 0 fully saturated rings. The monoisotopic (exact) mass is 348 g/mol. The van der Waals surface area contributed by atoms with Crippen LogP contribution in [0.1, 0.15) is 22.3 Å². The molecule has 2 aromatic carbocycles. The zero-order valence-electron chi connectivity index (χ0n) is 13.6. The number of hydrogen-bond donors (Lipinski definition) is 0. The first-order valence-corrected chi connectivity index (χ1v) is 7.47. The van der Waals surface area contributed by atoms with Crippen LogP contribution in [-0.2, 0) is 45.4 Å². The van der Waals surface area contributed by atoms with Crippen molar-refractivity contribution in [2.24, 2.45) is 20.0 Å². The molecule has 0 aliphatic rings. The van der Waals surface area contributed by atoms with Gasteiger partial charge in [0.15, 0.2) is 0 Å². The summed E-state index contributed by atoms with van der Waals surface area (Å²) in [5, 5.41) is 1.52. The van der Waals surface area contributed by atoms with Gasteiger partial charge in [-0.05, 0) is 33.0 Å². The molecule has 0 bridgehead atoms. The maximum Gasteiger partial charge on any atom is 0.235 e. The molecule has 0 saturated heterocycles. The van der Waals surface area contributed by atoms with Gasteiger partial charge in [-0.25, -0.2) is 39.1 Å². The van der Waals surface area contributed by atoms with Crippen LogP contribution in [0.5, 0.6) is 0 Å². The van der Waals surface area contributed by atoms with Crippen molar-refractivity contribution in [1.82, 2.24) is 0 Å². The Labute approximate surface area is 147 Å². The van der Waals surface area contributed by atoms with Crippen LogP contribution in [0.15, 0.2) is 44.2 Å². The smallest absolute Gasteiger partial charge is 0.211 e. The van der Waals surface area contributed by atoms with E-state index in [0.29, 0.717) is 22.3 Å².